The van der Waals surface area contributed by atoms with Crippen LogP contribution in [-0.4, -0.2) is 5.11 Å². The van der Waals surface area contributed by atoms with Crippen LogP contribution < -0.4 is 0 Å². The Morgan fingerprint density at radius 1 is 1.17 bits per heavy atom. The van der Waals surface area contributed by atoms with Gasteiger partial charge in [0.2, 0.25) is 0 Å². The summed E-state index contributed by atoms with van der Waals surface area (Å²) in [4.78, 5) is 2.43. The molecule has 2 atom stereocenters. The van der Waals surface area contributed by atoms with E-state index in [1.807, 2.05) is 6.07 Å². The zero-order valence-electron chi connectivity index (χ0n) is 10.7. The number of hydrogen-bond donors (Lipinski definition) is 1. The molecule has 1 fully saturated rings. The molecule has 2 aromatic rings. The van der Waals surface area contributed by atoms with Gasteiger partial charge in [0.05, 0.1) is 0 Å². The summed E-state index contributed by atoms with van der Waals surface area (Å²) >= 11 is 3.44. The number of aliphatic hydroxyl groups is 1. The van der Waals surface area contributed by atoms with Crippen LogP contribution in [0.25, 0.3) is 0 Å². The second kappa shape index (κ2) is 4.19. The first-order valence-corrected chi connectivity index (χ1v) is 8.07. The van der Waals surface area contributed by atoms with Crippen LogP contribution in [0.4, 0.5) is 0 Å². The van der Waals surface area contributed by atoms with Crippen molar-refractivity contribution in [2.45, 2.75) is 38.2 Å². The quantitative estimate of drug-likeness (QED) is 0.851. The van der Waals surface area contributed by atoms with E-state index in [-0.39, 0.29) is 11.3 Å². The van der Waals surface area contributed by atoms with E-state index in [9.17, 15) is 5.11 Å². The summed E-state index contributed by atoms with van der Waals surface area (Å²) in [6, 6.07) is 8.36. The Morgan fingerprint density at radius 2 is 1.89 bits per heavy atom. The lowest BCUT2D eigenvalue weighted by molar-refractivity contribution is 0.0226. The third kappa shape index (κ3) is 1.94. The Bertz CT molecular complexity index is 513. The molecular formula is C15H18OS2. The minimum Gasteiger partial charge on any atom is -0.384 e. The van der Waals surface area contributed by atoms with Gasteiger partial charge in [-0.05, 0) is 41.1 Å². The summed E-state index contributed by atoms with van der Waals surface area (Å²) < 4.78 is 0. The monoisotopic (exact) mass is 278 g/mol. The molecule has 3 rings (SSSR count). The van der Waals surface area contributed by atoms with E-state index in [1.165, 1.54) is 4.88 Å². The number of rotatable bonds is 2. The molecule has 1 nitrogen and oxygen atoms in total. The van der Waals surface area contributed by atoms with Gasteiger partial charge in [-0.1, -0.05) is 26.0 Å². The maximum absolute atomic E-state index is 11.2. The number of thiophene rings is 2. The van der Waals surface area contributed by atoms with Crippen molar-refractivity contribution < 1.29 is 5.11 Å². The van der Waals surface area contributed by atoms with Gasteiger partial charge in [-0.2, -0.15) is 0 Å². The molecule has 0 saturated heterocycles. The molecule has 2 unspecified atom stereocenters. The summed E-state index contributed by atoms with van der Waals surface area (Å²) in [5.41, 5.74) is -0.476. The summed E-state index contributed by atoms with van der Waals surface area (Å²) in [6.45, 7) is 4.53. The first-order valence-electron chi connectivity index (χ1n) is 6.31. The van der Waals surface area contributed by atoms with Crippen LogP contribution in [-0.2, 0) is 5.60 Å². The molecule has 0 aromatic carbocycles. The van der Waals surface area contributed by atoms with Crippen LogP contribution in [0.2, 0.25) is 0 Å². The van der Waals surface area contributed by atoms with Crippen molar-refractivity contribution in [1.82, 2.24) is 0 Å². The van der Waals surface area contributed by atoms with E-state index in [1.54, 1.807) is 22.7 Å². The molecule has 2 aromatic heterocycles. The second-order valence-electron chi connectivity index (χ2n) is 6.01. The molecule has 0 amide bonds. The largest absolute Gasteiger partial charge is 0.384 e. The van der Waals surface area contributed by atoms with Crippen molar-refractivity contribution >= 4 is 22.7 Å². The molecule has 0 radical (unpaired) electrons. The van der Waals surface area contributed by atoms with Crippen molar-refractivity contribution in [3.8, 4) is 0 Å². The molecule has 0 spiro atoms. The van der Waals surface area contributed by atoms with Gasteiger partial charge < -0.3 is 5.11 Å². The Morgan fingerprint density at radius 3 is 2.50 bits per heavy atom. The van der Waals surface area contributed by atoms with Crippen molar-refractivity contribution in [3.05, 3.63) is 44.8 Å². The normalized spacial score (nSPS) is 30.7. The SMILES string of the molecule is CC1(C)CC(c2cccs2)C(O)(c2cccs2)C1. The van der Waals surface area contributed by atoms with E-state index < -0.39 is 5.60 Å². The molecule has 2 heterocycles. The first-order chi connectivity index (χ1) is 8.51. The molecule has 0 aliphatic heterocycles. The van der Waals surface area contributed by atoms with Gasteiger partial charge in [-0.15, -0.1) is 22.7 Å². The summed E-state index contributed by atoms with van der Waals surface area (Å²) in [5, 5.41) is 15.4. The molecule has 1 aliphatic rings. The van der Waals surface area contributed by atoms with Crippen LogP contribution >= 0.6 is 22.7 Å². The minimum atomic E-state index is -0.678. The zero-order valence-corrected chi connectivity index (χ0v) is 12.4. The lowest BCUT2D eigenvalue weighted by Crippen LogP contribution is -2.27. The highest BCUT2D eigenvalue weighted by Gasteiger charge is 2.52. The van der Waals surface area contributed by atoms with Gasteiger partial charge in [-0.3, -0.25) is 0 Å². The van der Waals surface area contributed by atoms with Crippen molar-refractivity contribution in [1.29, 1.82) is 0 Å². The summed E-state index contributed by atoms with van der Waals surface area (Å²) in [5.74, 6) is 0.242. The fourth-order valence-corrected chi connectivity index (χ4v) is 5.05. The van der Waals surface area contributed by atoms with Crippen LogP contribution in [0.1, 0.15) is 42.4 Å². The highest BCUT2D eigenvalue weighted by molar-refractivity contribution is 7.10. The van der Waals surface area contributed by atoms with E-state index in [0.717, 1.165) is 17.7 Å². The van der Waals surface area contributed by atoms with Gasteiger partial charge in [0.15, 0.2) is 0 Å². The molecule has 1 N–H and O–H groups in total. The van der Waals surface area contributed by atoms with Gasteiger partial charge in [0.1, 0.15) is 5.60 Å². The first kappa shape index (κ1) is 12.4. The standard InChI is InChI=1S/C15H18OS2/c1-14(2)9-11(12-5-3-7-17-12)15(16,10-14)13-6-4-8-18-13/h3-8,11,16H,9-10H2,1-2H3. The number of hydrogen-bond acceptors (Lipinski definition) is 3. The Labute approximate surface area is 116 Å². The van der Waals surface area contributed by atoms with Crippen LogP contribution in [0, 0.1) is 5.41 Å². The maximum atomic E-state index is 11.2. The Hall–Kier alpha value is -0.640. The fraction of sp³-hybridized carbons (Fsp3) is 0.467. The highest BCUT2D eigenvalue weighted by atomic mass is 32.1. The Balaban J connectivity index is 2.06. The lowest BCUT2D eigenvalue weighted by atomic mass is 9.87. The third-order valence-electron chi connectivity index (χ3n) is 3.92. The van der Waals surface area contributed by atoms with Gasteiger partial charge >= 0.3 is 0 Å². The summed E-state index contributed by atoms with van der Waals surface area (Å²) in [6.07, 6.45) is 1.91. The van der Waals surface area contributed by atoms with E-state index >= 15 is 0 Å². The topological polar surface area (TPSA) is 20.2 Å². The summed E-state index contributed by atoms with van der Waals surface area (Å²) in [7, 11) is 0. The van der Waals surface area contributed by atoms with E-state index in [2.05, 4.69) is 42.8 Å². The third-order valence-corrected chi connectivity index (χ3v) is 5.94. The highest BCUT2D eigenvalue weighted by Crippen LogP contribution is 2.58. The molecule has 3 heteroatoms. The van der Waals surface area contributed by atoms with E-state index in [0.29, 0.717) is 0 Å². The molecule has 0 bridgehead atoms. The predicted octanol–water partition coefficient (Wildman–Crippen LogP) is 4.60. The smallest absolute Gasteiger partial charge is 0.107 e. The average Bonchev–Trinajstić information content (AvgIpc) is 2.98. The van der Waals surface area contributed by atoms with Crippen molar-refractivity contribution in [3.63, 3.8) is 0 Å². The van der Waals surface area contributed by atoms with Gasteiger partial charge in [-0.25, -0.2) is 0 Å². The zero-order chi connectivity index (χ0) is 12.8. The molecular weight excluding hydrogens is 260 g/mol. The fourth-order valence-electron chi connectivity index (χ4n) is 3.26. The molecule has 1 aliphatic carbocycles. The average molecular weight is 278 g/mol. The maximum Gasteiger partial charge on any atom is 0.107 e. The van der Waals surface area contributed by atoms with Crippen LogP contribution in [0.15, 0.2) is 35.0 Å². The Kier molecular flexibility index (Phi) is 2.88. The van der Waals surface area contributed by atoms with E-state index in [4.69, 9.17) is 0 Å². The molecule has 96 valence electrons. The van der Waals surface area contributed by atoms with Gasteiger partial charge in [0.25, 0.3) is 0 Å². The van der Waals surface area contributed by atoms with Crippen LogP contribution in [0.5, 0.6) is 0 Å². The van der Waals surface area contributed by atoms with Crippen LogP contribution in [0.3, 0.4) is 0 Å². The predicted molar refractivity (Wildman–Crippen MR) is 78.3 cm³/mol. The van der Waals surface area contributed by atoms with Crippen molar-refractivity contribution in [2.24, 2.45) is 5.41 Å². The molecule has 1 saturated carbocycles. The lowest BCUT2D eigenvalue weighted by Gasteiger charge is -2.29. The van der Waals surface area contributed by atoms with Crippen molar-refractivity contribution in [2.75, 3.05) is 0 Å². The molecule has 18 heavy (non-hydrogen) atoms. The van der Waals surface area contributed by atoms with Gasteiger partial charge in [0, 0.05) is 15.7 Å². The minimum absolute atomic E-state index is 0.202. The second-order valence-corrected chi connectivity index (χ2v) is 7.94.